The van der Waals surface area contributed by atoms with E-state index in [9.17, 15) is 14.3 Å². The van der Waals surface area contributed by atoms with Crippen molar-refractivity contribution in [2.45, 2.75) is 13.0 Å². The van der Waals surface area contributed by atoms with Crippen molar-refractivity contribution in [1.29, 1.82) is 0 Å². The molecule has 0 fully saturated rings. The monoisotopic (exact) mass is 457 g/mol. The van der Waals surface area contributed by atoms with Gasteiger partial charge in [0.1, 0.15) is 29.2 Å². The van der Waals surface area contributed by atoms with Gasteiger partial charge in [0.25, 0.3) is 0 Å². The van der Waals surface area contributed by atoms with Gasteiger partial charge < -0.3 is 10.0 Å². The summed E-state index contributed by atoms with van der Waals surface area (Å²) in [5.74, 6) is -1.05. The molecule has 1 aliphatic rings. The number of carbonyl (C=O) groups is 1. The van der Waals surface area contributed by atoms with E-state index in [-0.39, 0.29) is 17.8 Å². The molecule has 1 aliphatic heterocycles. The van der Waals surface area contributed by atoms with Gasteiger partial charge in [0.05, 0.1) is 21.1 Å². The fourth-order valence-corrected chi connectivity index (χ4v) is 4.21. The lowest BCUT2D eigenvalue weighted by Crippen LogP contribution is -2.32. The van der Waals surface area contributed by atoms with Crippen LogP contribution >= 0.6 is 23.2 Å². The Hall–Kier alpha value is -3.23. The number of aromatic nitrogens is 4. The van der Waals surface area contributed by atoms with Crippen LogP contribution in [0.1, 0.15) is 21.7 Å². The van der Waals surface area contributed by atoms with Crippen LogP contribution < -0.4 is 4.90 Å². The van der Waals surface area contributed by atoms with Crippen LogP contribution in [0.15, 0.2) is 36.7 Å². The third kappa shape index (κ3) is 3.28. The third-order valence-electron chi connectivity index (χ3n) is 5.38. The van der Waals surface area contributed by atoms with E-state index in [1.54, 1.807) is 24.3 Å². The van der Waals surface area contributed by atoms with Gasteiger partial charge in [0.15, 0.2) is 0 Å². The van der Waals surface area contributed by atoms with Gasteiger partial charge in [-0.1, -0.05) is 35.3 Å². The van der Waals surface area contributed by atoms with E-state index >= 15 is 0 Å². The molecule has 0 saturated heterocycles. The fraction of sp³-hybridized carbons (Fsp3) is 0.143. The predicted octanol–water partition coefficient (Wildman–Crippen LogP) is 4.73. The van der Waals surface area contributed by atoms with Crippen molar-refractivity contribution in [1.82, 2.24) is 20.2 Å². The SMILES string of the molecule is O=C(O)c1[nH]nc2c1CN(c1ncnc3c(F)ccc(-c4ccc(Cl)c(Cl)c4)c13)CC2. The molecule has 0 radical (unpaired) electrons. The number of aromatic amines is 1. The first-order chi connectivity index (χ1) is 14.9. The quantitative estimate of drug-likeness (QED) is 0.461. The van der Waals surface area contributed by atoms with Crippen molar-refractivity contribution >= 4 is 45.9 Å². The zero-order valence-electron chi connectivity index (χ0n) is 15.9. The Morgan fingerprint density at radius 1 is 1.16 bits per heavy atom. The Morgan fingerprint density at radius 2 is 2.00 bits per heavy atom. The van der Waals surface area contributed by atoms with Crippen molar-refractivity contribution in [2.75, 3.05) is 11.4 Å². The Kier molecular flexibility index (Phi) is 4.75. The molecule has 0 amide bonds. The molecule has 5 rings (SSSR count). The number of carboxylic acid groups (broad SMARTS) is 1. The summed E-state index contributed by atoms with van der Waals surface area (Å²) in [6, 6.07) is 8.18. The number of rotatable bonds is 3. The van der Waals surface area contributed by atoms with E-state index in [1.165, 1.54) is 12.4 Å². The molecule has 0 bridgehead atoms. The van der Waals surface area contributed by atoms with Crippen molar-refractivity contribution in [3.05, 3.63) is 69.5 Å². The lowest BCUT2D eigenvalue weighted by molar-refractivity contribution is 0.0689. The second kappa shape index (κ2) is 7.47. The summed E-state index contributed by atoms with van der Waals surface area (Å²) < 4.78 is 14.7. The van der Waals surface area contributed by atoms with Gasteiger partial charge in [-0.3, -0.25) is 5.10 Å². The Balaban J connectivity index is 1.69. The number of hydrogen-bond acceptors (Lipinski definition) is 5. The van der Waals surface area contributed by atoms with E-state index in [2.05, 4.69) is 20.2 Å². The van der Waals surface area contributed by atoms with Gasteiger partial charge in [-0.15, -0.1) is 0 Å². The second-order valence-corrected chi connectivity index (χ2v) is 7.96. The van der Waals surface area contributed by atoms with Crippen LogP contribution in [0, 0.1) is 5.82 Å². The molecule has 0 saturated carbocycles. The molecule has 156 valence electrons. The number of aromatic carboxylic acids is 1. The smallest absolute Gasteiger partial charge is 0.354 e. The average molecular weight is 458 g/mol. The van der Waals surface area contributed by atoms with Gasteiger partial charge in [-0.2, -0.15) is 5.10 Å². The van der Waals surface area contributed by atoms with Crippen LogP contribution in [0.25, 0.3) is 22.0 Å². The number of benzene rings is 2. The minimum absolute atomic E-state index is 0.0500. The fourth-order valence-electron chi connectivity index (χ4n) is 3.92. The van der Waals surface area contributed by atoms with Crippen LogP contribution in [0.5, 0.6) is 0 Å². The highest BCUT2D eigenvalue weighted by molar-refractivity contribution is 6.42. The molecule has 0 atom stereocenters. The normalized spacial score (nSPS) is 13.5. The first-order valence-corrected chi connectivity index (χ1v) is 10.1. The maximum absolute atomic E-state index is 14.7. The number of halogens is 3. The van der Waals surface area contributed by atoms with E-state index in [1.807, 2.05) is 4.90 Å². The molecule has 0 unspecified atom stereocenters. The van der Waals surface area contributed by atoms with Gasteiger partial charge in [-0.05, 0) is 29.3 Å². The minimum Gasteiger partial charge on any atom is -0.477 e. The minimum atomic E-state index is -1.08. The molecule has 4 aromatic rings. The third-order valence-corrected chi connectivity index (χ3v) is 6.12. The van der Waals surface area contributed by atoms with Crippen molar-refractivity contribution < 1.29 is 14.3 Å². The summed E-state index contributed by atoms with van der Waals surface area (Å²) in [4.78, 5) is 22.1. The first kappa shape index (κ1) is 19.7. The molecular weight excluding hydrogens is 444 g/mol. The maximum Gasteiger partial charge on any atom is 0.354 e. The number of hydrogen-bond donors (Lipinski definition) is 2. The first-order valence-electron chi connectivity index (χ1n) is 9.37. The summed E-state index contributed by atoms with van der Waals surface area (Å²) in [5.41, 5.74) is 2.96. The Labute approximate surface area is 185 Å². The van der Waals surface area contributed by atoms with Crippen LogP contribution in [0.4, 0.5) is 10.2 Å². The van der Waals surface area contributed by atoms with E-state index in [4.69, 9.17) is 23.2 Å². The van der Waals surface area contributed by atoms with Crippen molar-refractivity contribution in [3.63, 3.8) is 0 Å². The number of carboxylic acids is 1. The zero-order valence-corrected chi connectivity index (χ0v) is 17.4. The molecule has 0 spiro atoms. The van der Waals surface area contributed by atoms with Gasteiger partial charge in [0.2, 0.25) is 0 Å². The standard InChI is InChI=1S/C21H14Cl2FN5O2/c22-13-3-1-10(7-14(13)23)11-2-4-15(24)19-17(11)20(26-9-25-19)29-6-5-16-12(8-29)18(21(30)31)28-27-16/h1-4,7,9H,5-6,8H2,(H,27,28)(H,30,31). The highest BCUT2D eigenvalue weighted by Gasteiger charge is 2.28. The molecule has 2 N–H and O–H groups in total. The highest BCUT2D eigenvalue weighted by Crippen LogP contribution is 2.38. The van der Waals surface area contributed by atoms with Crippen LogP contribution in [0.3, 0.4) is 0 Å². The number of nitrogens with one attached hydrogen (secondary N) is 1. The lowest BCUT2D eigenvalue weighted by Gasteiger charge is -2.29. The number of nitrogens with zero attached hydrogens (tertiary/aromatic N) is 4. The Morgan fingerprint density at radius 3 is 2.77 bits per heavy atom. The van der Waals surface area contributed by atoms with Gasteiger partial charge >= 0.3 is 5.97 Å². The molecule has 3 heterocycles. The van der Waals surface area contributed by atoms with Gasteiger partial charge in [0, 0.05) is 25.1 Å². The van der Waals surface area contributed by atoms with Crippen molar-refractivity contribution in [2.24, 2.45) is 0 Å². The number of anilines is 1. The van der Waals surface area contributed by atoms with Crippen LogP contribution in [-0.2, 0) is 13.0 Å². The van der Waals surface area contributed by atoms with E-state index in [0.29, 0.717) is 51.0 Å². The second-order valence-electron chi connectivity index (χ2n) is 7.15. The number of H-pyrrole nitrogens is 1. The zero-order chi connectivity index (χ0) is 21.7. The van der Waals surface area contributed by atoms with E-state index in [0.717, 1.165) is 5.56 Å². The molecule has 2 aromatic heterocycles. The predicted molar refractivity (Wildman–Crippen MR) is 115 cm³/mol. The van der Waals surface area contributed by atoms with Gasteiger partial charge in [-0.25, -0.2) is 19.2 Å². The highest BCUT2D eigenvalue weighted by atomic mass is 35.5. The molecule has 10 heteroatoms. The average Bonchev–Trinajstić information content (AvgIpc) is 3.19. The lowest BCUT2D eigenvalue weighted by atomic mass is 9.99. The molecule has 31 heavy (non-hydrogen) atoms. The van der Waals surface area contributed by atoms with Crippen molar-refractivity contribution in [3.8, 4) is 11.1 Å². The summed E-state index contributed by atoms with van der Waals surface area (Å²) in [7, 11) is 0. The van der Waals surface area contributed by atoms with Crippen LogP contribution in [0.2, 0.25) is 10.0 Å². The summed E-state index contributed by atoms with van der Waals surface area (Å²) in [6.45, 7) is 0.817. The van der Waals surface area contributed by atoms with Crippen LogP contribution in [-0.4, -0.2) is 37.8 Å². The molecule has 0 aliphatic carbocycles. The molecule has 7 nitrogen and oxygen atoms in total. The Bertz CT molecular complexity index is 1360. The summed E-state index contributed by atoms with van der Waals surface area (Å²) >= 11 is 12.3. The maximum atomic E-state index is 14.7. The summed E-state index contributed by atoms with van der Waals surface area (Å²) in [5, 5.41) is 17.5. The number of fused-ring (bicyclic) bond motifs is 2. The van der Waals surface area contributed by atoms with E-state index < -0.39 is 11.8 Å². The molecular formula is C21H14Cl2FN5O2. The molecule has 2 aromatic carbocycles. The summed E-state index contributed by atoms with van der Waals surface area (Å²) in [6.07, 6.45) is 1.84. The topological polar surface area (TPSA) is 95.0 Å². The largest absolute Gasteiger partial charge is 0.477 e.